The summed E-state index contributed by atoms with van der Waals surface area (Å²) in [7, 11) is 0. The van der Waals surface area contributed by atoms with Gasteiger partial charge in [-0.1, -0.05) is 41.5 Å². The lowest BCUT2D eigenvalue weighted by Crippen LogP contribution is -2.71. The van der Waals surface area contributed by atoms with Crippen molar-refractivity contribution in [2.45, 2.75) is 97.2 Å². The third-order valence-corrected chi connectivity index (χ3v) is 5.93. The van der Waals surface area contributed by atoms with Gasteiger partial charge in [0.15, 0.2) is 0 Å². The van der Waals surface area contributed by atoms with Crippen LogP contribution in [-0.4, -0.2) is 35.1 Å². The molecule has 1 saturated heterocycles. The first-order valence-corrected chi connectivity index (χ1v) is 8.58. The Morgan fingerprint density at radius 3 is 1.79 bits per heavy atom. The minimum atomic E-state index is 0.344. The lowest BCUT2D eigenvalue weighted by atomic mass is 9.79. The van der Waals surface area contributed by atoms with E-state index in [1.54, 1.807) is 0 Å². The van der Waals surface area contributed by atoms with Crippen LogP contribution >= 0.6 is 0 Å². The molecule has 1 aliphatic heterocycles. The highest BCUT2D eigenvalue weighted by Crippen LogP contribution is 2.35. The summed E-state index contributed by atoms with van der Waals surface area (Å²) in [6.07, 6.45) is 7.56. The average molecular weight is 268 g/mol. The Morgan fingerprint density at radius 2 is 1.42 bits per heavy atom. The first kappa shape index (κ1) is 17.0. The van der Waals surface area contributed by atoms with Crippen LogP contribution in [0.2, 0.25) is 0 Å². The van der Waals surface area contributed by atoms with E-state index in [0.29, 0.717) is 11.1 Å². The van der Waals surface area contributed by atoms with Crippen LogP contribution in [0.5, 0.6) is 0 Å². The van der Waals surface area contributed by atoms with E-state index in [0.717, 1.165) is 12.6 Å². The fourth-order valence-electron chi connectivity index (χ4n) is 3.88. The van der Waals surface area contributed by atoms with E-state index < -0.39 is 0 Å². The van der Waals surface area contributed by atoms with Crippen molar-refractivity contribution in [1.82, 2.24) is 10.2 Å². The number of rotatable bonds is 7. The van der Waals surface area contributed by atoms with Gasteiger partial charge in [0.2, 0.25) is 0 Å². The predicted molar refractivity (Wildman–Crippen MR) is 85.7 cm³/mol. The Hall–Kier alpha value is -0.0800. The lowest BCUT2D eigenvalue weighted by Gasteiger charge is -2.57. The normalized spacial score (nSPS) is 22.9. The quantitative estimate of drug-likeness (QED) is 0.744. The first-order valence-electron chi connectivity index (χ1n) is 8.58. The zero-order chi connectivity index (χ0) is 14.5. The third-order valence-electron chi connectivity index (χ3n) is 5.93. The molecule has 1 fully saturated rings. The minimum Gasteiger partial charge on any atom is -0.308 e. The highest BCUT2D eigenvalue weighted by Gasteiger charge is 2.45. The molecule has 0 aromatic heterocycles. The minimum absolute atomic E-state index is 0.344. The van der Waals surface area contributed by atoms with Gasteiger partial charge in [-0.3, -0.25) is 4.90 Å². The van der Waals surface area contributed by atoms with Gasteiger partial charge in [0, 0.05) is 30.2 Å². The SMILES string of the molecule is CCC(CC)N1CC(CC)(CC)NCC1(CC)CC. The number of piperazine rings is 1. The van der Waals surface area contributed by atoms with Crippen molar-refractivity contribution in [3.8, 4) is 0 Å². The second-order valence-electron chi connectivity index (χ2n) is 6.37. The van der Waals surface area contributed by atoms with Crippen LogP contribution in [0.25, 0.3) is 0 Å². The van der Waals surface area contributed by atoms with Crippen molar-refractivity contribution in [3.05, 3.63) is 0 Å². The molecule has 19 heavy (non-hydrogen) atoms. The summed E-state index contributed by atoms with van der Waals surface area (Å²) in [5, 5.41) is 3.92. The molecule has 1 aliphatic rings. The molecule has 0 spiro atoms. The molecular formula is C17H36N2. The van der Waals surface area contributed by atoms with Gasteiger partial charge in [0.05, 0.1) is 0 Å². The first-order chi connectivity index (χ1) is 9.06. The summed E-state index contributed by atoms with van der Waals surface area (Å²) in [4.78, 5) is 2.87. The maximum atomic E-state index is 3.92. The molecule has 0 bridgehead atoms. The second kappa shape index (κ2) is 7.08. The molecule has 2 heteroatoms. The molecule has 0 aromatic carbocycles. The molecular weight excluding hydrogens is 232 g/mol. The molecule has 0 atom stereocenters. The zero-order valence-corrected chi connectivity index (χ0v) is 14.2. The Bertz CT molecular complexity index is 250. The summed E-state index contributed by atoms with van der Waals surface area (Å²) in [6.45, 7) is 16.5. The molecule has 0 unspecified atom stereocenters. The molecule has 0 aromatic rings. The Labute approximate surface area is 121 Å². The van der Waals surface area contributed by atoms with Gasteiger partial charge in [-0.05, 0) is 38.5 Å². The van der Waals surface area contributed by atoms with Gasteiger partial charge in [0.1, 0.15) is 0 Å². The highest BCUT2D eigenvalue weighted by molar-refractivity contribution is 5.05. The average Bonchev–Trinajstić information content (AvgIpc) is 2.48. The molecule has 1 heterocycles. The van der Waals surface area contributed by atoms with E-state index in [1.807, 2.05) is 0 Å². The van der Waals surface area contributed by atoms with Crippen molar-refractivity contribution in [2.24, 2.45) is 0 Å². The molecule has 114 valence electrons. The predicted octanol–water partition coefficient (Wildman–Crippen LogP) is 4.20. The van der Waals surface area contributed by atoms with E-state index in [1.165, 1.54) is 45.1 Å². The van der Waals surface area contributed by atoms with Gasteiger partial charge in [-0.2, -0.15) is 0 Å². The van der Waals surface area contributed by atoms with Crippen LogP contribution in [0.15, 0.2) is 0 Å². The number of hydrogen-bond donors (Lipinski definition) is 1. The van der Waals surface area contributed by atoms with Crippen LogP contribution in [0, 0.1) is 0 Å². The van der Waals surface area contributed by atoms with E-state index in [-0.39, 0.29) is 0 Å². The maximum absolute atomic E-state index is 3.92. The van der Waals surface area contributed by atoms with Crippen molar-refractivity contribution >= 4 is 0 Å². The zero-order valence-electron chi connectivity index (χ0n) is 14.2. The molecule has 0 saturated carbocycles. The van der Waals surface area contributed by atoms with Crippen LogP contribution in [0.1, 0.15) is 80.1 Å². The van der Waals surface area contributed by atoms with Crippen molar-refractivity contribution in [3.63, 3.8) is 0 Å². The van der Waals surface area contributed by atoms with E-state index >= 15 is 0 Å². The number of hydrogen-bond acceptors (Lipinski definition) is 2. The van der Waals surface area contributed by atoms with Crippen molar-refractivity contribution in [2.75, 3.05) is 13.1 Å². The maximum Gasteiger partial charge on any atom is 0.0332 e. The van der Waals surface area contributed by atoms with Crippen molar-refractivity contribution in [1.29, 1.82) is 0 Å². The van der Waals surface area contributed by atoms with Gasteiger partial charge in [-0.25, -0.2) is 0 Å². The summed E-state index contributed by atoms with van der Waals surface area (Å²) in [6, 6.07) is 0.750. The van der Waals surface area contributed by atoms with Crippen molar-refractivity contribution < 1.29 is 0 Å². The Kier molecular flexibility index (Phi) is 6.32. The standard InChI is InChI=1S/C17H36N2/c1-7-15(8-2)19-14-16(9-3,10-4)18-13-17(19,11-5)12-6/h15,18H,7-14H2,1-6H3. The Balaban J connectivity index is 3.04. The molecule has 2 nitrogen and oxygen atoms in total. The van der Waals surface area contributed by atoms with Crippen LogP contribution < -0.4 is 5.32 Å². The fourth-order valence-corrected chi connectivity index (χ4v) is 3.88. The lowest BCUT2D eigenvalue weighted by molar-refractivity contribution is -0.0375. The summed E-state index contributed by atoms with van der Waals surface area (Å²) in [5.74, 6) is 0. The van der Waals surface area contributed by atoms with Gasteiger partial charge in [0.25, 0.3) is 0 Å². The summed E-state index contributed by atoms with van der Waals surface area (Å²) < 4.78 is 0. The smallest absolute Gasteiger partial charge is 0.0332 e. The second-order valence-corrected chi connectivity index (χ2v) is 6.37. The third kappa shape index (κ3) is 3.16. The monoisotopic (exact) mass is 268 g/mol. The molecule has 0 aliphatic carbocycles. The molecule has 0 radical (unpaired) electrons. The fraction of sp³-hybridized carbons (Fsp3) is 1.00. The van der Waals surface area contributed by atoms with Gasteiger partial charge >= 0.3 is 0 Å². The summed E-state index contributed by atoms with van der Waals surface area (Å²) >= 11 is 0. The van der Waals surface area contributed by atoms with Gasteiger partial charge < -0.3 is 5.32 Å². The van der Waals surface area contributed by atoms with E-state index in [4.69, 9.17) is 0 Å². The Morgan fingerprint density at radius 1 is 0.895 bits per heavy atom. The van der Waals surface area contributed by atoms with Crippen LogP contribution in [-0.2, 0) is 0 Å². The van der Waals surface area contributed by atoms with E-state index in [9.17, 15) is 0 Å². The van der Waals surface area contributed by atoms with Gasteiger partial charge in [-0.15, -0.1) is 0 Å². The van der Waals surface area contributed by atoms with Crippen LogP contribution in [0.4, 0.5) is 0 Å². The number of nitrogens with zero attached hydrogens (tertiary/aromatic N) is 1. The summed E-state index contributed by atoms with van der Waals surface area (Å²) in [5.41, 5.74) is 0.723. The molecule has 1 rings (SSSR count). The van der Waals surface area contributed by atoms with Crippen LogP contribution in [0.3, 0.4) is 0 Å². The molecule has 1 N–H and O–H groups in total. The largest absolute Gasteiger partial charge is 0.308 e. The number of nitrogens with one attached hydrogen (secondary N) is 1. The van der Waals surface area contributed by atoms with E-state index in [2.05, 4.69) is 51.8 Å². The topological polar surface area (TPSA) is 15.3 Å². The highest BCUT2D eigenvalue weighted by atomic mass is 15.3. The molecule has 0 amide bonds.